The van der Waals surface area contributed by atoms with E-state index in [0.29, 0.717) is 0 Å². The van der Waals surface area contributed by atoms with Gasteiger partial charge in [0.25, 0.3) is 0 Å². The molecule has 13 rings (SSSR count). The van der Waals surface area contributed by atoms with Crippen LogP contribution < -0.4 is 15.8 Å². The van der Waals surface area contributed by atoms with Gasteiger partial charge in [-0.15, -0.1) is 0 Å². The summed E-state index contributed by atoms with van der Waals surface area (Å²) in [5.41, 5.74) is 18.1. The number of anilines is 3. The molecule has 11 aromatic rings. The van der Waals surface area contributed by atoms with Crippen LogP contribution in [-0.2, 0) is 5.41 Å². The molecule has 2 aliphatic heterocycles. The van der Waals surface area contributed by atoms with Gasteiger partial charge < -0.3 is 18.2 Å². The van der Waals surface area contributed by atoms with Crippen molar-refractivity contribution in [1.82, 2.24) is 4.48 Å². The van der Waals surface area contributed by atoms with Crippen molar-refractivity contribution < 1.29 is 8.83 Å². The molecule has 0 saturated carbocycles. The smallest absolute Gasteiger partial charge is 0.333 e. The molecule has 0 atom stereocenters. The highest BCUT2D eigenvalue weighted by molar-refractivity contribution is 6.90. The van der Waals surface area contributed by atoms with Crippen LogP contribution in [-0.4, -0.2) is 11.3 Å². The second-order valence-corrected chi connectivity index (χ2v) is 16.8. The Balaban J connectivity index is 1.25. The van der Waals surface area contributed by atoms with Crippen molar-refractivity contribution in [3.05, 3.63) is 163 Å². The summed E-state index contributed by atoms with van der Waals surface area (Å²) in [4.78, 5) is 2.56. The van der Waals surface area contributed by atoms with Gasteiger partial charge in [-0.1, -0.05) is 130 Å². The lowest BCUT2D eigenvalue weighted by Crippen LogP contribution is -2.56. The summed E-state index contributed by atoms with van der Waals surface area (Å²) in [7, 11) is 0. The molecule has 0 unspecified atom stereocenters. The SMILES string of the molecule is CC(C)(C)c1ccc(N2c3cc4oc5ccccc5c4cc3B3c4c(cc5ccccc5c42)-c2cccc4c5oc6ccccc6c5n3c24)c(-c2ccccc2)c1. The van der Waals surface area contributed by atoms with Gasteiger partial charge in [-0.2, -0.15) is 0 Å². The number of furan rings is 2. The average Bonchev–Trinajstić information content (AvgIpc) is 3.90. The molecule has 0 aliphatic carbocycles. The number of rotatable bonds is 2. The molecule has 4 nitrogen and oxygen atoms in total. The van der Waals surface area contributed by atoms with Gasteiger partial charge in [0, 0.05) is 55.3 Å². The van der Waals surface area contributed by atoms with E-state index in [-0.39, 0.29) is 12.3 Å². The summed E-state index contributed by atoms with van der Waals surface area (Å²) in [6, 6.07) is 57.8. The molecule has 0 spiro atoms. The van der Waals surface area contributed by atoms with E-state index in [1.807, 2.05) is 0 Å². The van der Waals surface area contributed by atoms with Gasteiger partial charge in [-0.3, -0.25) is 0 Å². The van der Waals surface area contributed by atoms with Crippen LogP contribution in [0.5, 0.6) is 0 Å². The molecule has 0 amide bonds. The molecule has 5 heteroatoms. The van der Waals surface area contributed by atoms with Crippen LogP contribution in [0.25, 0.3) is 87.9 Å². The Kier molecular flexibility index (Phi) is 5.96. The first-order valence-electron chi connectivity index (χ1n) is 19.9. The van der Waals surface area contributed by atoms with E-state index in [0.717, 1.165) is 60.8 Å². The molecule has 8 aromatic carbocycles. The standard InChI is InChI=1S/C52H35BN2O2/c1-52(2,3)32-24-25-42(38(27-32)30-14-5-4-6-15-30)54-43-29-46-39(34-18-9-11-22-44(34)56-46)28-41(43)53-47-40(26-31-16-7-8-17-33(31)49(47)54)35-20-13-21-37-48(35)55(53)50-36-19-10-12-23-45(36)57-51(37)50/h4-29H,1-3H3. The lowest BCUT2D eigenvalue weighted by molar-refractivity contribution is 0.590. The van der Waals surface area contributed by atoms with Crippen LogP contribution >= 0.6 is 0 Å². The molecule has 0 N–H and O–H groups in total. The molecule has 2 aliphatic rings. The first kappa shape index (κ1) is 31.3. The van der Waals surface area contributed by atoms with E-state index in [1.54, 1.807) is 0 Å². The first-order chi connectivity index (χ1) is 27.9. The van der Waals surface area contributed by atoms with Crippen LogP contribution in [0.2, 0.25) is 0 Å². The average molecular weight is 731 g/mol. The quantitative estimate of drug-likeness (QED) is 0.166. The van der Waals surface area contributed by atoms with Crippen LogP contribution in [0.15, 0.2) is 167 Å². The number of benzene rings is 8. The third-order valence-corrected chi connectivity index (χ3v) is 12.7. The molecular formula is C52H35BN2O2. The first-order valence-corrected chi connectivity index (χ1v) is 19.9. The second-order valence-electron chi connectivity index (χ2n) is 16.8. The van der Waals surface area contributed by atoms with E-state index in [9.17, 15) is 0 Å². The number of hydrogen-bond acceptors (Lipinski definition) is 3. The third kappa shape index (κ3) is 4.08. The Morgan fingerprint density at radius 2 is 1.21 bits per heavy atom. The van der Waals surface area contributed by atoms with Gasteiger partial charge in [0.1, 0.15) is 16.7 Å². The maximum absolute atomic E-state index is 6.80. The van der Waals surface area contributed by atoms with Gasteiger partial charge in [0.05, 0.1) is 16.9 Å². The van der Waals surface area contributed by atoms with Gasteiger partial charge in [0.15, 0.2) is 5.58 Å². The highest BCUT2D eigenvalue weighted by atomic mass is 16.3. The summed E-state index contributed by atoms with van der Waals surface area (Å²) in [6.07, 6.45) is 0. The Morgan fingerprint density at radius 3 is 2.04 bits per heavy atom. The predicted octanol–water partition coefficient (Wildman–Crippen LogP) is 13.0. The van der Waals surface area contributed by atoms with Crippen molar-refractivity contribution in [1.29, 1.82) is 0 Å². The highest BCUT2D eigenvalue weighted by Gasteiger charge is 2.45. The second kappa shape index (κ2) is 10.9. The number of nitrogens with zero attached hydrogens (tertiary/aromatic N) is 2. The zero-order chi connectivity index (χ0) is 37.7. The molecule has 5 heterocycles. The summed E-state index contributed by atoms with van der Waals surface area (Å²) in [5, 5.41) is 6.94. The Hall–Kier alpha value is -6.98. The zero-order valence-corrected chi connectivity index (χ0v) is 31.8. The number of hydrogen-bond donors (Lipinski definition) is 0. The summed E-state index contributed by atoms with van der Waals surface area (Å²) in [5.74, 6) is 0. The molecule has 57 heavy (non-hydrogen) atoms. The fourth-order valence-electron chi connectivity index (χ4n) is 10.1. The number of fused-ring (bicyclic) bond motifs is 14. The number of aromatic nitrogens is 1. The van der Waals surface area contributed by atoms with E-state index < -0.39 is 0 Å². The van der Waals surface area contributed by atoms with Crippen LogP contribution in [0.1, 0.15) is 26.3 Å². The Morgan fingerprint density at radius 1 is 0.491 bits per heavy atom. The van der Waals surface area contributed by atoms with E-state index in [1.165, 1.54) is 60.7 Å². The van der Waals surface area contributed by atoms with E-state index in [2.05, 4.69) is 188 Å². The maximum Gasteiger partial charge on any atom is 0.333 e. The fraction of sp³-hybridized carbons (Fsp3) is 0.0769. The maximum atomic E-state index is 6.80. The molecule has 3 aromatic heterocycles. The number of para-hydroxylation sites is 3. The van der Waals surface area contributed by atoms with E-state index in [4.69, 9.17) is 8.83 Å². The van der Waals surface area contributed by atoms with Crippen LogP contribution in [0.4, 0.5) is 17.1 Å². The monoisotopic (exact) mass is 730 g/mol. The van der Waals surface area contributed by atoms with Crippen molar-refractivity contribution in [2.75, 3.05) is 4.90 Å². The molecule has 268 valence electrons. The Labute approximate surface area is 329 Å². The predicted molar refractivity (Wildman–Crippen MR) is 239 cm³/mol. The molecule has 0 saturated heterocycles. The molecule has 0 fully saturated rings. The largest absolute Gasteiger partial charge is 0.456 e. The van der Waals surface area contributed by atoms with Crippen LogP contribution in [0.3, 0.4) is 0 Å². The van der Waals surface area contributed by atoms with Crippen molar-refractivity contribution in [2.45, 2.75) is 26.2 Å². The van der Waals surface area contributed by atoms with Gasteiger partial charge >= 0.3 is 6.85 Å². The minimum absolute atomic E-state index is 0.0335. The van der Waals surface area contributed by atoms with Crippen LogP contribution in [0, 0.1) is 0 Å². The van der Waals surface area contributed by atoms with Crippen molar-refractivity contribution in [3.63, 3.8) is 0 Å². The lowest BCUT2D eigenvalue weighted by atomic mass is 9.44. The summed E-state index contributed by atoms with van der Waals surface area (Å²) in [6.45, 7) is 6.75. The molecule has 0 bridgehead atoms. The minimum atomic E-state index is -0.145. The Bertz CT molecular complexity index is 3530. The molecule has 0 radical (unpaired) electrons. The lowest BCUT2D eigenvalue weighted by Gasteiger charge is -2.42. The van der Waals surface area contributed by atoms with Gasteiger partial charge in [-0.25, -0.2) is 0 Å². The normalized spacial score (nSPS) is 13.5. The summed E-state index contributed by atoms with van der Waals surface area (Å²) >= 11 is 0. The van der Waals surface area contributed by atoms with Crippen molar-refractivity contribution >= 4 is 101 Å². The van der Waals surface area contributed by atoms with E-state index >= 15 is 0 Å². The zero-order valence-electron chi connectivity index (χ0n) is 31.8. The highest BCUT2D eigenvalue weighted by Crippen LogP contribution is 2.51. The van der Waals surface area contributed by atoms with Crippen molar-refractivity contribution in [3.8, 4) is 22.3 Å². The third-order valence-electron chi connectivity index (χ3n) is 12.7. The minimum Gasteiger partial charge on any atom is -0.456 e. The fourth-order valence-corrected chi connectivity index (χ4v) is 10.1. The van der Waals surface area contributed by atoms with Crippen molar-refractivity contribution in [2.24, 2.45) is 0 Å². The molecular weight excluding hydrogens is 695 g/mol. The van der Waals surface area contributed by atoms with Gasteiger partial charge in [-0.05, 0) is 80.9 Å². The summed E-state index contributed by atoms with van der Waals surface area (Å²) < 4.78 is 16.1. The van der Waals surface area contributed by atoms with Gasteiger partial charge in [0.2, 0.25) is 0 Å². The topological polar surface area (TPSA) is 34.5 Å².